The van der Waals surface area contributed by atoms with Crippen LogP contribution in [-0.2, 0) is 32.6 Å². The Labute approximate surface area is 293 Å². The number of nitrogens with one attached hydrogen (secondary N) is 1. The fraction of sp³-hybridized carbons (Fsp3) is 0.297. The summed E-state index contributed by atoms with van der Waals surface area (Å²) in [7, 11) is -4.30. The Kier molecular flexibility index (Phi) is 12.2. The van der Waals surface area contributed by atoms with Gasteiger partial charge in [-0.25, -0.2) is 8.42 Å². The molecule has 0 aliphatic carbocycles. The second-order valence-corrected chi connectivity index (χ2v) is 15.1. The predicted molar refractivity (Wildman–Crippen MR) is 192 cm³/mol. The smallest absolute Gasteiger partial charge is 0.264 e. The van der Waals surface area contributed by atoms with Gasteiger partial charge in [0.05, 0.1) is 17.2 Å². The van der Waals surface area contributed by atoms with Gasteiger partial charge in [-0.15, -0.1) is 0 Å². The fourth-order valence-corrected chi connectivity index (χ4v) is 7.02. The summed E-state index contributed by atoms with van der Waals surface area (Å²) in [6, 6.07) is 26.3. The van der Waals surface area contributed by atoms with Gasteiger partial charge in [-0.1, -0.05) is 89.4 Å². The number of aryl methyl sites for hydroxylation is 1. The van der Waals surface area contributed by atoms with Crippen molar-refractivity contribution in [3.05, 3.63) is 124 Å². The summed E-state index contributed by atoms with van der Waals surface area (Å²) in [4.78, 5) is 30.2. The number of ether oxygens (including phenoxy) is 1. The van der Waals surface area contributed by atoms with Gasteiger partial charge in [-0.2, -0.15) is 0 Å². The Hall–Kier alpha value is -4.05. The number of sulfonamides is 1. The maximum absolute atomic E-state index is 14.7. The number of carbonyl (C=O) groups excluding carboxylic acids is 2. The van der Waals surface area contributed by atoms with E-state index in [-0.39, 0.29) is 30.2 Å². The first kappa shape index (κ1) is 36.8. The average Bonchev–Trinajstić information content (AvgIpc) is 3.02. The lowest BCUT2D eigenvalue weighted by atomic mass is 10.0. The third kappa shape index (κ3) is 9.52. The SMILES string of the molecule is CCOc1ccccc1N(CC(=O)N(Cc1ccc(Cl)cc1Cl)[C@@H](Cc1ccccc1)C(=O)NC(C)(C)C)S(=O)(=O)c1ccc(C)cc1. The van der Waals surface area contributed by atoms with Gasteiger partial charge in [0.25, 0.3) is 10.0 Å². The van der Waals surface area contributed by atoms with Crippen LogP contribution in [0.4, 0.5) is 5.69 Å². The van der Waals surface area contributed by atoms with Gasteiger partial charge in [0.15, 0.2) is 0 Å². The van der Waals surface area contributed by atoms with Gasteiger partial charge in [0.1, 0.15) is 18.3 Å². The molecule has 0 aromatic heterocycles. The predicted octanol–water partition coefficient (Wildman–Crippen LogP) is 7.45. The van der Waals surface area contributed by atoms with Crippen LogP contribution in [0.1, 0.15) is 44.4 Å². The van der Waals surface area contributed by atoms with Gasteiger partial charge in [0, 0.05) is 28.5 Å². The molecule has 1 N–H and O–H groups in total. The average molecular weight is 711 g/mol. The molecule has 0 radical (unpaired) electrons. The van der Waals surface area contributed by atoms with E-state index in [0.29, 0.717) is 21.4 Å². The Morgan fingerprint density at radius 2 is 1.54 bits per heavy atom. The van der Waals surface area contributed by atoms with E-state index in [2.05, 4.69) is 5.32 Å². The highest BCUT2D eigenvalue weighted by Gasteiger charge is 2.36. The van der Waals surface area contributed by atoms with Crippen LogP contribution in [0.5, 0.6) is 5.75 Å². The molecule has 0 unspecified atom stereocenters. The van der Waals surface area contributed by atoms with Crippen molar-refractivity contribution in [1.29, 1.82) is 0 Å². The van der Waals surface area contributed by atoms with Crippen molar-refractivity contribution < 1.29 is 22.7 Å². The van der Waals surface area contributed by atoms with Crippen molar-refractivity contribution in [2.75, 3.05) is 17.5 Å². The maximum Gasteiger partial charge on any atom is 0.264 e. The number of carbonyl (C=O) groups is 2. The van der Waals surface area contributed by atoms with Crippen LogP contribution >= 0.6 is 23.2 Å². The van der Waals surface area contributed by atoms with Crippen molar-refractivity contribution in [3.63, 3.8) is 0 Å². The van der Waals surface area contributed by atoms with Gasteiger partial charge >= 0.3 is 0 Å². The number of para-hydroxylation sites is 2. The summed E-state index contributed by atoms with van der Waals surface area (Å²) < 4.78 is 35.6. The monoisotopic (exact) mass is 709 g/mol. The number of hydrogen-bond acceptors (Lipinski definition) is 5. The largest absolute Gasteiger partial charge is 0.492 e. The lowest BCUT2D eigenvalue weighted by Crippen LogP contribution is -2.56. The molecule has 2 amide bonds. The van der Waals surface area contributed by atoms with Gasteiger partial charge in [-0.05, 0) is 82.1 Å². The number of hydrogen-bond donors (Lipinski definition) is 1. The van der Waals surface area contributed by atoms with Crippen LogP contribution in [0.3, 0.4) is 0 Å². The summed E-state index contributed by atoms with van der Waals surface area (Å²) in [5, 5.41) is 3.74. The number of rotatable bonds is 13. The molecule has 254 valence electrons. The van der Waals surface area contributed by atoms with E-state index in [1.807, 2.05) is 58.0 Å². The molecule has 0 saturated carbocycles. The van der Waals surface area contributed by atoms with Crippen LogP contribution in [0, 0.1) is 6.92 Å². The highest BCUT2D eigenvalue weighted by atomic mass is 35.5. The zero-order valence-electron chi connectivity index (χ0n) is 27.7. The molecule has 0 aliphatic heterocycles. The van der Waals surface area contributed by atoms with Crippen molar-refractivity contribution in [2.45, 2.75) is 64.1 Å². The molecule has 8 nitrogen and oxygen atoms in total. The van der Waals surface area contributed by atoms with Crippen molar-refractivity contribution in [3.8, 4) is 5.75 Å². The Morgan fingerprint density at radius 3 is 2.17 bits per heavy atom. The zero-order chi connectivity index (χ0) is 35.1. The minimum Gasteiger partial charge on any atom is -0.492 e. The number of halogens is 2. The summed E-state index contributed by atoms with van der Waals surface area (Å²) in [5.41, 5.74) is 1.81. The van der Waals surface area contributed by atoms with Gasteiger partial charge in [-0.3, -0.25) is 13.9 Å². The van der Waals surface area contributed by atoms with E-state index in [1.165, 1.54) is 17.0 Å². The molecular weight excluding hydrogens is 669 g/mol. The maximum atomic E-state index is 14.7. The highest BCUT2D eigenvalue weighted by Crippen LogP contribution is 2.33. The summed E-state index contributed by atoms with van der Waals surface area (Å²) >= 11 is 12.8. The Bertz CT molecular complexity index is 1830. The van der Waals surface area contributed by atoms with E-state index in [9.17, 15) is 18.0 Å². The number of nitrogens with zero attached hydrogens (tertiary/aromatic N) is 2. The molecule has 4 rings (SSSR count). The molecule has 0 bridgehead atoms. The fourth-order valence-electron chi connectivity index (χ4n) is 5.13. The lowest BCUT2D eigenvalue weighted by molar-refractivity contribution is -0.140. The Morgan fingerprint density at radius 1 is 0.896 bits per heavy atom. The topological polar surface area (TPSA) is 96.0 Å². The molecule has 4 aromatic rings. The molecule has 48 heavy (non-hydrogen) atoms. The van der Waals surface area contributed by atoms with Crippen LogP contribution in [0.25, 0.3) is 0 Å². The van der Waals surface area contributed by atoms with Crippen LogP contribution < -0.4 is 14.4 Å². The van der Waals surface area contributed by atoms with E-state index < -0.39 is 40.0 Å². The summed E-state index contributed by atoms with van der Waals surface area (Å²) in [6.45, 7) is 8.77. The van der Waals surface area contributed by atoms with Gasteiger partial charge < -0.3 is 15.0 Å². The molecule has 0 saturated heterocycles. The number of benzene rings is 4. The van der Waals surface area contributed by atoms with Crippen LogP contribution in [-0.4, -0.2) is 49.9 Å². The van der Waals surface area contributed by atoms with Crippen LogP contribution in [0.2, 0.25) is 10.0 Å². The first-order valence-electron chi connectivity index (χ1n) is 15.6. The molecule has 0 fully saturated rings. The first-order chi connectivity index (χ1) is 22.7. The standard InChI is InChI=1S/C37H41Cl2N3O5S/c1-6-47-34-15-11-10-14-32(34)42(48(45,46)30-20-16-26(2)17-21-30)25-35(43)41(24-28-18-19-29(38)23-31(28)39)33(36(44)40-37(3,4)5)22-27-12-8-7-9-13-27/h7-21,23,33H,6,22,24-25H2,1-5H3,(H,40,44)/t33-/m0/s1. The zero-order valence-corrected chi connectivity index (χ0v) is 30.1. The van der Waals surface area contributed by atoms with E-state index in [4.69, 9.17) is 27.9 Å². The van der Waals surface area contributed by atoms with Gasteiger partial charge in [0.2, 0.25) is 11.8 Å². The van der Waals surface area contributed by atoms with E-state index >= 15 is 0 Å². The number of anilines is 1. The third-order valence-electron chi connectivity index (χ3n) is 7.45. The molecule has 0 spiro atoms. The first-order valence-corrected chi connectivity index (χ1v) is 17.8. The highest BCUT2D eigenvalue weighted by molar-refractivity contribution is 7.92. The van der Waals surface area contributed by atoms with E-state index in [1.54, 1.807) is 61.5 Å². The van der Waals surface area contributed by atoms with Crippen molar-refractivity contribution in [1.82, 2.24) is 10.2 Å². The summed E-state index contributed by atoms with van der Waals surface area (Å²) in [5.74, 6) is -0.720. The normalized spacial score (nSPS) is 12.2. The molecular formula is C37H41Cl2N3O5S. The molecule has 4 aromatic carbocycles. The quantitative estimate of drug-likeness (QED) is 0.156. The molecule has 11 heteroatoms. The van der Waals surface area contributed by atoms with Crippen molar-refractivity contribution in [2.24, 2.45) is 0 Å². The third-order valence-corrected chi connectivity index (χ3v) is 9.81. The Balaban J connectivity index is 1.87. The minimum atomic E-state index is -4.30. The number of amides is 2. The minimum absolute atomic E-state index is 0.00538. The second kappa shape index (κ2) is 15.9. The van der Waals surface area contributed by atoms with Crippen molar-refractivity contribution >= 4 is 50.7 Å². The second-order valence-electron chi connectivity index (χ2n) is 12.4. The van der Waals surface area contributed by atoms with E-state index in [0.717, 1.165) is 15.4 Å². The molecule has 0 aliphatic rings. The molecule has 1 atom stereocenters. The lowest BCUT2D eigenvalue weighted by Gasteiger charge is -2.35. The van der Waals surface area contributed by atoms with Crippen LogP contribution in [0.15, 0.2) is 102 Å². The molecule has 0 heterocycles. The summed E-state index contributed by atoms with van der Waals surface area (Å²) in [6.07, 6.45) is 0.167.